The third-order valence-electron chi connectivity index (χ3n) is 4.20. The summed E-state index contributed by atoms with van der Waals surface area (Å²) >= 11 is 12.2. The summed E-state index contributed by atoms with van der Waals surface area (Å²) in [5.74, 6) is -0.244. The molecule has 1 unspecified atom stereocenters. The molecule has 4 nitrogen and oxygen atoms in total. The standard InChI is InChI=1S/C17H18Cl2N2O2S/c18-15-4-2-5-16(19)14(15)10-24(22,23)21-17-6-1-3-11-9-12(20)7-8-13(11)17/h2,4-5,7-9,17,21H,1,3,6,10,20H2. The summed E-state index contributed by atoms with van der Waals surface area (Å²) in [6.45, 7) is 0. The van der Waals surface area contributed by atoms with Crippen LogP contribution < -0.4 is 10.5 Å². The molecule has 0 bridgehead atoms. The van der Waals surface area contributed by atoms with E-state index in [1.165, 1.54) is 0 Å². The number of nitrogen functional groups attached to an aromatic ring is 1. The Kier molecular flexibility index (Phi) is 5.06. The van der Waals surface area contributed by atoms with Gasteiger partial charge >= 0.3 is 0 Å². The highest BCUT2D eigenvalue weighted by atomic mass is 35.5. The third kappa shape index (κ3) is 3.86. The molecular weight excluding hydrogens is 367 g/mol. The first-order valence-electron chi connectivity index (χ1n) is 7.67. The van der Waals surface area contributed by atoms with Gasteiger partial charge in [0.05, 0.1) is 5.75 Å². The van der Waals surface area contributed by atoms with Gasteiger partial charge in [-0.1, -0.05) is 35.3 Å². The zero-order valence-electron chi connectivity index (χ0n) is 12.9. The van der Waals surface area contributed by atoms with Crippen molar-refractivity contribution in [2.45, 2.75) is 31.1 Å². The molecule has 0 saturated heterocycles. The molecule has 0 spiro atoms. The molecule has 0 amide bonds. The van der Waals surface area contributed by atoms with Crippen LogP contribution in [0.25, 0.3) is 0 Å². The van der Waals surface area contributed by atoms with Gasteiger partial charge in [0.2, 0.25) is 10.0 Å². The zero-order valence-corrected chi connectivity index (χ0v) is 15.3. The molecule has 0 radical (unpaired) electrons. The van der Waals surface area contributed by atoms with E-state index >= 15 is 0 Å². The van der Waals surface area contributed by atoms with Crippen LogP contribution in [0.1, 0.15) is 35.6 Å². The molecular formula is C17H18Cl2N2O2S. The molecule has 3 N–H and O–H groups in total. The number of sulfonamides is 1. The molecule has 0 aromatic heterocycles. The smallest absolute Gasteiger partial charge is 0.216 e. The second-order valence-electron chi connectivity index (χ2n) is 5.98. The van der Waals surface area contributed by atoms with Crippen LogP contribution >= 0.6 is 23.2 Å². The van der Waals surface area contributed by atoms with Gasteiger partial charge in [-0.25, -0.2) is 13.1 Å². The fourth-order valence-electron chi connectivity index (χ4n) is 3.08. The van der Waals surface area contributed by atoms with Crippen molar-refractivity contribution in [2.24, 2.45) is 0 Å². The maximum Gasteiger partial charge on any atom is 0.216 e. The Bertz CT molecular complexity index is 849. The van der Waals surface area contributed by atoms with Gasteiger partial charge in [0.25, 0.3) is 0 Å². The summed E-state index contributed by atoms with van der Waals surface area (Å²) in [4.78, 5) is 0. The minimum Gasteiger partial charge on any atom is -0.399 e. The molecule has 128 valence electrons. The highest BCUT2D eigenvalue weighted by molar-refractivity contribution is 7.88. The Morgan fingerprint density at radius 3 is 2.58 bits per heavy atom. The van der Waals surface area contributed by atoms with E-state index in [-0.39, 0.29) is 11.8 Å². The van der Waals surface area contributed by atoms with Crippen molar-refractivity contribution in [1.82, 2.24) is 4.72 Å². The number of hydrogen-bond donors (Lipinski definition) is 2. The first-order chi connectivity index (χ1) is 11.4. The molecule has 0 aliphatic heterocycles. The van der Waals surface area contributed by atoms with Crippen LogP contribution in [0.2, 0.25) is 10.0 Å². The van der Waals surface area contributed by atoms with Crippen LogP contribution in [0.15, 0.2) is 36.4 Å². The highest BCUT2D eigenvalue weighted by Crippen LogP contribution is 2.32. The molecule has 2 aromatic carbocycles. The summed E-state index contributed by atoms with van der Waals surface area (Å²) < 4.78 is 28.0. The summed E-state index contributed by atoms with van der Waals surface area (Å²) in [6.07, 6.45) is 2.58. The van der Waals surface area contributed by atoms with Gasteiger partial charge in [0, 0.05) is 27.3 Å². The monoisotopic (exact) mass is 384 g/mol. The molecule has 1 atom stereocenters. The predicted molar refractivity (Wildman–Crippen MR) is 98.8 cm³/mol. The average molecular weight is 385 g/mol. The SMILES string of the molecule is Nc1ccc2c(c1)CCCC2NS(=O)(=O)Cc1c(Cl)cccc1Cl. The van der Waals surface area contributed by atoms with Crippen LogP contribution in [0.3, 0.4) is 0 Å². The second kappa shape index (κ2) is 6.92. The van der Waals surface area contributed by atoms with Crippen LogP contribution in [0, 0.1) is 0 Å². The van der Waals surface area contributed by atoms with Crippen molar-refractivity contribution in [1.29, 1.82) is 0 Å². The Balaban J connectivity index is 1.84. The number of rotatable bonds is 4. The van der Waals surface area contributed by atoms with E-state index in [1.54, 1.807) is 24.3 Å². The van der Waals surface area contributed by atoms with E-state index in [0.29, 0.717) is 21.3 Å². The van der Waals surface area contributed by atoms with E-state index in [9.17, 15) is 8.42 Å². The summed E-state index contributed by atoms with van der Waals surface area (Å²) in [6, 6.07) is 10.3. The number of hydrogen-bond acceptors (Lipinski definition) is 3. The Labute approximate surface area is 152 Å². The number of benzene rings is 2. The van der Waals surface area contributed by atoms with Crippen LogP contribution in [0.4, 0.5) is 5.69 Å². The Hall–Kier alpha value is -1.27. The molecule has 1 aliphatic rings. The first kappa shape index (κ1) is 17.5. The topological polar surface area (TPSA) is 72.2 Å². The average Bonchev–Trinajstić information content (AvgIpc) is 2.51. The first-order valence-corrected chi connectivity index (χ1v) is 10.1. The third-order valence-corrected chi connectivity index (χ3v) is 6.22. The largest absolute Gasteiger partial charge is 0.399 e. The molecule has 0 heterocycles. The van der Waals surface area contributed by atoms with Gasteiger partial charge in [0.1, 0.15) is 0 Å². The van der Waals surface area contributed by atoms with Gasteiger partial charge in [-0.2, -0.15) is 0 Å². The summed E-state index contributed by atoms with van der Waals surface area (Å²) in [5, 5.41) is 0.703. The summed E-state index contributed by atoms with van der Waals surface area (Å²) in [7, 11) is -3.58. The van der Waals surface area contributed by atoms with Crippen molar-refractivity contribution in [3.63, 3.8) is 0 Å². The van der Waals surface area contributed by atoms with Gasteiger partial charge < -0.3 is 5.73 Å². The second-order valence-corrected chi connectivity index (χ2v) is 8.55. The number of fused-ring (bicyclic) bond motifs is 1. The highest BCUT2D eigenvalue weighted by Gasteiger charge is 2.26. The van der Waals surface area contributed by atoms with E-state index in [2.05, 4.69) is 4.72 Å². The maximum absolute atomic E-state index is 12.6. The molecule has 24 heavy (non-hydrogen) atoms. The van der Waals surface area contributed by atoms with Crippen molar-refractivity contribution in [3.8, 4) is 0 Å². The minimum atomic E-state index is -3.58. The number of halogens is 2. The van der Waals surface area contributed by atoms with E-state index in [0.717, 1.165) is 30.4 Å². The van der Waals surface area contributed by atoms with Crippen molar-refractivity contribution >= 4 is 38.9 Å². The van der Waals surface area contributed by atoms with Gasteiger partial charge in [0.15, 0.2) is 0 Å². The van der Waals surface area contributed by atoms with E-state index in [1.807, 2.05) is 12.1 Å². The number of anilines is 1. The maximum atomic E-state index is 12.6. The fourth-order valence-corrected chi connectivity index (χ4v) is 5.22. The summed E-state index contributed by atoms with van der Waals surface area (Å²) in [5.41, 5.74) is 9.03. The van der Waals surface area contributed by atoms with Gasteiger partial charge in [-0.05, 0) is 54.7 Å². The Morgan fingerprint density at radius 2 is 1.88 bits per heavy atom. The lowest BCUT2D eigenvalue weighted by Gasteiger charge is -2.26. The zero-order chi connectivity index (χ0) is 17.3. The van der Waals surface area contributed by atoms with Gasteiger partial charge in [-0.3, -0.25) is 0 Å². The molecule has 0 saturated carbocycles. The minimum absolute atomic E-state index is 0.244. The quantitative estimate of drug-likeness (QED) is 0.780. The Morgan fingerprint density at radius 1 is 1.17 bits per heavy atom. The fraction of sp³-hybridized carbons (Fsp3) is 0.294. The van der Waals surface area contributed by atoms with E-state index in [4.69, 9.17) is 28.9 Å². The lowest BCUT2D eigenvalue weighted by atomic mass is 9.88. The van der Waals surface area contributed by atoms with Crippen LogP contribution in [-0.2, 0) is 22.2 Å². The normalized spacial score (nSPS) is 17.5. The number of nitrogens with two attached hydrogens (primary N) is 1. The van der Waals surface area contributed by atoms with E-state index < -0.39 is 10.0 Å². The number of aryl methyl sites for hydroxylation is 1. The molecule has 1 aliphatic carbocycles. The van der Waals surface area contributed by atoms with Crippen molar-refractivity contribution < 1.29 is 8.42 Å². The predicted octanol–water partition coefficient (Wildman–Crippen LogP) is 4.07. The lowest BCUT2D eigenvalue weighted by Crippen LogP contribution is -2.32. The number of nitrogens with one attached hydrogen (secondary N) is 1. The van der Waals surface area contributed by atoms with Crippen LogP contribution in [-0.4, -0.2) is 8.42 Å². The van der Waals surface area contributed by atoms with Crippen molar-refractivity contribution in [2.75, 3.05) is 5.73 Å². The molecule has 7 heteroatoms. The molecule has 2 aromatic rings. The van der Waals surface area contributed by atoms with Crippen LogP contribution in [0.5, 0.6) is 0 Å². The lowest BCUT2D eigenvalue weighted by molar-refractivity contribution is 0.507. The van der Waals surface area contributed by atoms with Crippen molar-refractivity contribution in [3.05, 3.63) is 63.1 Å². The molecule has 3 rings (SSSR count). The molecule has 0 fully saturated rings. The van der Waals surface area contributed by atoms with Gasteiger partial charge in [-0.15, -0.1) is 0 Å².